The molecule has 2 heteroatoms. The highest BCUT2D eigenvalue weighted by atomic mass is 15.2. The van der Waals surface area contributed by atoms with Crippen LogP contribution in [0.4, 0.5) is 0 Å². The van der Waals surface area contributed by atoms with E-state index < -0.39 is 0 Å². The van der Waals surface area contributed by atoms with Gasteiger partial charge in [0.15, 0.2) is 0 Å². The van der Waals surface area contributed by atoms with Crippen molar-refractivity contribution in [2.24, 2.45) is 0 Å². The summed E-state index contributed by atoms with van der Waals surface area (Å²) in [6.07, 6.45) is 0. The zero-order valence-corrected chi connectivity index (χ0v) is 12.0. The highest BCUT2D eigenvalue weighted by Crippen LogP contribution is 2.21. The molecule has 1 saturated heterocycles. The molecule has 1 fully saturated rings. The van der Waals surface area contributed by atoms with Crippen molar-refractivity contribution < 1.29 is 0 Å². The molecule has 0 amide bonds. The largest absolute Gasteiger partial charge is 0.307 e. The van der Waals surface area contributed by atoms with Gasteiger partial charge in [0.25, 0.3) is 0 Å². The Morgan fingerprint density at radius 1 is 1.00 bits per heavy atom. The van der Waals surface area contributed by atoms with Crippen molar-refractivity contribution in [1.29, 1.82) is 0 Å². The first kappa shape index (κ1) is 13.3. The molecule has 0 bridgehead atoms. The number of nitrogens with zero attached hydrogens (tertiary/aromatic N) is 1. The van der Waals surface area contributed by atoms with Gasteiger partial charge in [0, 0.05) is 31.7 Å². The molecule has 1 N–H and O–H groups in total. The van der Waals surface area contributed by atoms with Gasteiger partial charge in [-0.15, -0.1) is 0 Å². The van der Waals surface area contributed by atoms with Gasteiger partial charge in [0.2, 0.25) is 0 Å². The zero-order valence-electron chi connectivity index (χ0n) is 12.0. The second-order valence-corrected chi connectivity index (χ2v) is 5.64. The lowest BCUT2D eigenvalue weighted by atomic mass is 10.0. The van der Waals surface area contributed by atoms with Crippen LogP contribution in [0.15, 0.2) is 60.7 Å². The Bertz CT molecular complexity index is 524. The molecule has 0 radical (unpaired) electrons. The number of nitrogens with one attached hydrogen (secondary N) is 1. The Morgan fingerprint density at radius 2 is 1.65 bits per heavy atom. The SMILES string of the molecule is C[C@@H]1CN[C@@H](c2ccccc2)CN1Cc1ccccc1. The fraction of sp³-hybridized carbons (Fsp3) is 0.333. The Hall–Kier alpha value is -1.64. The molecule has 0 aliphatic carbocycles. The summed E-state index contributed by atoms with van der Waals surface area (Å²) in [6, 6.07) is 22.5. The molecule has 2 aromatic carbocycles. The maximum Gasteiger partial charge on any atom is 0.0450 e. The van der Waals surface area contributed by atoms with Crippen molar-refractivity contribution in [1.82, 2.24) is 10.2 Å². The standard InChI is InChI=1S/C18H22N2/c1-15-12-19-18(17-10-6-3-7-11-17)14-20(15)13-16-8-4-2-5-9-16/h2-11,15,18-19H,12-14H2,1H3/t15-,18-/m1/s1. The summed E-state index contributed by atoms with van der Waals surface area (Å²) in [4.78, 5) is 2.57. The van der Waals surface area contributed by atoms with Crippen LogP contribution in [0.3, 0.4) is 0 Å². The maximum atomic E-state index is 3.66. The first-order valence-corrected chi connectivity index (χ1v) is 7.39. The van der Waals surface area contributed by atoms with Gasteiger partial charge in [-0.25, -0.2) is 0 Å². The fourth-order valence-corrected chi connectivity index (χ4v) is 2.87. The molecule has 2 atom stereocenters. The molecule has 2 nitrogen and oxygen atoms in total. The smallest absolute Gasteiger partial charge is 0.0450 e. The molecular weight excluding hydrogens is 244 g/mol. The van der Waals surface area contributed by atoms with Crippen LogP contribution in [0, 0.1) is 0 Å². The highest BCUT2D eigenvalue weighted by molar-refractivity contribution is 5.21. The average Bonchev–Trinajstić information content (AvgIpc) is 2.51. The second-order valence-electron chi connectivity index (χ2n) is 5.64. The van der Waals surface area contributed by atoms with E-state index in [0.29, 0.717) is 12.1 Å². The minimum Gasteiger partial charge on any atom is -0.307 e. The summed E-state index contributed by atoms with van der Waals surface area (Å²) in [7, 11) is 0. The third-order valence-electron chi connectivity index (χ3n) is 4.13. The fourth-order valence-electron chi connectivity index (χ4n) is 2.87. The van der Waals surface area contributed by atoms with Crippen LogP contribution in [-0.4, -0.2) is 24.0 Å². The van der Waals surface area contributed by atoms with Crippen molar-refractivity contribution >= 4 is 0 Å². The summed E-state index contributed by atoms with van der Waals surface area (Å²) in [5.41, 5.74) is 2.78. The van der Waals surface area contributed by atoms with Gasteiger partial charge in [-0.3, -0.25) is 4.90 Å². The molecule has 2 aromatic rings. The van der Waals surface area contributed by atoms with Gasteiger partial charge >= 0.3 is 0 Å². The summed E-state index contributed by atoms with van der Waals surface area (Å²) in [5, 5.41) is 3.66. The molecule has 0 aromatic heterocycles. The molecule has 1 heterocycles. The summed E-state index contributed by atoms with van der Waals surface area (Å²) >= 11 is 0. The zero-order chi connectivity index (χ0) is 13.8. The quantitative estimate of drug-likeness (QED) is 0.917. The number of rotatable bonds is 3. The minimum absolute atomic E-state index is 0.441. The van der Waals surface area contributed by atoms with Gasteiger partial charge in [-0.1, -0.05) is 60.7 Å². The second kappa shape index (κ2) is 6.21. The van der Waals surface area contributed by atoms with E-state index >= 15 is 0 Å². The van der Waals surface area contributed by atoms with E-state index in [0.717, 1.165) is 19.6 Å². The normalized spacial score (nSPS) is 23.6. The Balaban J connectivity index is 1.71. The molecule has 20 heavy (non-hydrogen) atoms. The van der Waals surface area contributed by atoms with Crippen LogP contribution in [-0.2, 0) is 6.54 Å². The lowest BCUT2D eigenvalue weighted by Gasteiger charge is -2.39. The first-order chi connectivity index (χ1) is 9.83. The van der Waals surface area contributed by atoms with Crippen molar-refractivity contribution in [3.63, 3.8) is 0 Å². The molecular formula is C18H22N2. The Kier molecular flexibility index (Phi) is 4.14. The van der Waals surface area contributed by atoms with Crippen LogP contribution in [0.5, 0.6) is 0 Å². The summed E-state index contributed by atoms with van der Waals surface area (Å²) in [5.74, 6) is 0. The molecule has 0 unspecified atom stereocenters. The predicted octanol–water partition coefficient (Wildman–Crippen LogP) is 3.22. The molecule has 0 spiro atoms. The molecule has 3 rings (SSSR count). The molecule has 104 valence electrons. The molecule has 1 aliphatic rings. The van der Waals surface area contributed by atoms with E-state index in [1.807, 2.05) is 0 Å². The van der Waals surface area contributed by atoms with Gasteiger partial charge in [0.05, 0.1) is 0 Å². The van der Waals surface area contributed by atoms with E-state index in [9.17, 15) is 0 Å². The first-order valence-electron chi connectivity index (χ1n) is 7.39. The van der Waals surface area contributed by atoms with Gasteiger partial charge in [0.1, 0.15) is 0 Å². The van der Waals surface area contributed by atoms with Crippen molar-refractivity contribution in [3.8, 4) is 0 Å². The monoisotopic (exact) mass is 266 g/mol. The third kappa shape index (κ3) is 3.09. The van der Waals surface area contributed by atoms with Crippen molar-refractivity contribution in [3.05, 3.63) is 71.8 Å². The lowest BCUT2D eigenvalue weighted by molar-refractivity contribution is 0.133. The highest BCUT2D eigenvalue weighted by Gasteiger charge is 2.25. The Labute approximate surface area is 121 Å². The predicted molar refractivity (Wildman–Crippen MR) is 83.5 cm³/mol. The molecule has 0 saturated carbocycles. The van der Waals surface area contributed by atoms with Crippen molar-refractivity contribution in [2.45, 2.75) is 25.6 Å². The number of piperazine rings is 1. The van der Waals surface area contributed by atoms with E-state index in [2.05, 4.69) is 77.8 Å². The van der Waals surface area contributed by atoms with Crippen LogP contribution < -0.4 is 5.32 Å². The third-order valence-corrected chi connectivity index (χ3v) is 4.13. The van der Waals surface area contributed by atoms with Crippen LogP contribution in [0.2, 0.25) is 0 Å². The average molecular weight is 266 g/mol. The van der Waals surface area contributed by atoms with Crippen LogP contribution in [0.25, 0.3) is 0 Å². The topological polar surface area (TPSA) is 15.3 Å². The summed E-state index contributed by atoms with van der Waals surface area (Å²) in [6.45, 7) is 5.46. The number of hydrogen-bond donors (Lipinski definition) is 1. The summed E-state index contributed by atoms with van der Waals surface area (Å²) < 4.78 is 0. The van der Waals surface area contributed by atoms with E-state index in [4.69, 9.17) is 0 Å². The lowest BCUT2D eigenvalue weighted by Crippen LogP contribution is -2.50. The van der Waals surface area contributed by atoms with Crippen LogP contribution in [0.1, 0.15) is 24.1 Å². The molecule has 1 aliphatic heterocycles. The van der Waals surface area contributed by atoms with Crippen LogP contribution >= 0.6 is 0 Å². The van der Waals surface area contributed by atoms with E-state index in [-0.39, 0.29) is 0 Å². The Morgan fingerprint density at radius 3 is 2.35 bits per heavy atom. The van der Waals surface area contributed by atoms with Gasteiger partial charge in [-0.05, 0) is 18.1 Å². The minimum atomic E-state index is 0.441. The van der Waals surface area contributed by atoms with Gasteiger partial charge < -0.3 is 5.32 Å². The van der Waals surface area contributed by atoms with E-state index in [1.165, 1.54) is 11.1 Å². The van der Waals surface area contributed by atoms with Crippen molar-refractivity contribution in [2.75, 3.05) is 13.1 Å². The van der Waals surface area contributed by atoms with E-state index in [1.54, 1.807) is 0 Å². The maximum absolute atomic E-state index is 3.66. The number of benzene rings is 2. The van der Waals surface area contributed by atoms with Gasteiger partial charge in [-0.2, -0.15) is 0 Å². The number of hydrogen-bond acceptors (Lipinski definition) is 2.